The molecule has 1 saturated carbocycles. The van der Waals surface area contributed by atoms with E-state index in [9.17, 15) is 58.2 Å². The normalized spacial score (nSPS) is 16.3. The minimum atomic E-state index is -1.59. The van der Waals surface area contributed by atoms with Gasteiger partial charge in [0.25, 0.3) is 24.3 Å². The highest BCUT2D eigenvalue weighted by Gasteiger charge is 2.70. The second-order valence-corrected chi connectivity index (χ2v) is 15.2. The minimum absolute atomic E-state index is 0.00843. The molecule has 6 rings (SSSR count). The van der Waals surface area contributed by atoms with Crippen LogP contribution in [0.3, 0.4) is 0 Å². The fraction of sp³-hybridized carbons (Fsp3) is 0.265. The zero-order chi connectivity index (χ0) is 57.0. The number of aliphatic carboxylic acids is 2. The van der Waals surface area contributed by atoms with Gasteiger partial charge in [-0.15, -0.1) is 10.2 Å². The van der Waals surface area contributed by atoms with Gasteiger partial charge in [0.1, 0.15) is 28.6 Å². The first-order valence-corrected chi connectivity index (χ1v) is 21.7. The molecule has 0 aromatic heterocycles. The van der Waals surface area contributed by atoms with Crippen molar-refractivity contribution in [2.75, 3.05) is 63.2 Å². The van der Waals surface area contributed by atoms with E-state index in [-0.39, 0.29) is 54.5 Å². The molecule has 0 spiro atoms. The molecular weight excluding hydrogens is 1010 g/mol. The van der Waals surface area contributed by atoms with Gasteiger partial charge in [0.05, 0.1) is 69.8 Å². The summed E-state index contributed by atoms with van der Waals surface area (Å²) in [6, 6.07) is 19.6. The van der Waals surface area contributed by atoms with Crippen molar-refractivity contribution < 1.29 is 77.1 Å². The van der Waals surface area contributed by atoms with Crippen molar-refractivity contribution in [2.24, 2.45) is 63.0 Å². The largest absolute Gasteiger partial charge is 0.497 e. The Morgan fingerprint density at radius 2 is 1.05 bits per heavy atom. The molecule has 4 aromatic rings. The lowest BCUT2D eigenvalue weighted by Crippen LogP contribution is -2.51. The van der Waals surface area contributed by atoms with Crippen LogP contribution in [0.4, 0.5) is 34.1 Å². The number of carbonyl (C=O) groups is 2. The topological polar surface area (TPSA) is 405 Å². The van der Waals surface area contributed by atoms with Crippen LogP contribution in [0.25, 0.3) is 11.1 Å². The van der Waals surface area contributed by atoms with Gasteiger partial charge in [0.15, 0.2) is 11.5 Å². The van der Waals surface area contributed by atoms with Crippen LogP contribution in [0.2, 0.25) is 0 Å². The lowest BCUT2D eigenvalue weighted by atomic mass is 9.57. The van der Waals surface area contributed by atoms with Crippen molar-refractivity contribution in [3.05, 3.63) is 84.9 Å². The number of aliphatic imine (C=N–C) groups is 4. The highest BCUT2D eigenvalue weighted by molar-refractivity contribution is 5.99. The lowest BCUT2D eigenvalue weighted by molar-refractivity contribution is -0.168. The number of hydrogen-bond donors (Lipinski definition) is 4. The number of nitrogens with two attached hydrogens (primary N) is 2. The fourth-order valence-electron chi connectivity index (χ4n) is 8.52. The van der Waals surface area contributed by atoms with Crippen molar-refractivity contribution >= 4 is 94.7 Å². The predicted octanol–water partition coefficient (Wildman–Crippen LogP) is 5.26. The minimum Gasteiger partial charge on any atom is -0.497 e. The maximum Gasteiger partial charge on any atom is 0.311 e. The molecule has 28 nitrogen and oxygen atoms in total. The number of benzene rings is 4. The second kappa shape index (κ2) is 30.1. The van der Waals surface area contributed by atoms with Crippen LogP contribution in [-0.4, -0.2) is 112 Å². The Balaban J connectivity index is 0.000000277. The quantitative estimate of drug-likeness (QED) is 0.0272. The Bertz CT molecular complexity index is 3060. The van der Waals surface area contributed by atoms with Crippen LogP contribution >= 0.6 is 0 Å². The molecular formula is C49H44N12O16. The van der Waals surface area contributed by atoms with E-state index in [0.717, 1.165) is 10.2 Å². The smallest absolute Gasteiger partial charge is 0.311 e. The summed E-state index contributed by atoms with van der Waals surface area (Å²) in [4.78, 5) is 120. The van der Waals surface area contributed by atoms with Crippen LogP contribution < -0.4 is 40.7 Å². The number of methoxy groups -OCH3 is 4. The molecule has 4 aromatic carbocycles. The van der Waals surface area contributed by atoms with E-state index in [2.05, 4.69) is 40.4 Å². The summed E-state index contributed by atoms with van der Waals surface area (Å²) in [6.45, 7) is -0.0439. The standard InChI is InChI=1S/C16H14N4O4.C15H16N2O6.2C9H7N3O3/c1-23-15-11(9-3-5-10(17)6-4-9)13(19-7-21)14(20-8-22)12(18)16(15)24-2;18-8-16-5-3-14-2-1-10(7-14)11(12(20)21)15(14,13(22)23)4-6-17-9-19;2*1-15-9-4-2-8(3-5-9)12(10-6-13)11-7-14/h3-6H,17-18H2,1-2H3;1-2,10-11H,3-7H2,(H,20,21)(H,22,23);2*2-5H,1H3. The molecule has 6 N–H and O–H groups in total. The molecule has 0 saturated heterocycles. The summed E-state index contributed by atoms with van der Waals surface area (Å²) in [6.07, 6.45) is 14.7. The van der Waals surface area contributed by atoms with E-state index in [1.54, 1.807) is 84.9 Å². The molecule has 1 fully saturated rings. The number of nitrogen functional groups attached to an aromatic ring is 2. The van der Waals surface area contributed by atoms with Gasteiger partial charge in [-0.3, -0.25) is 9.59 Å². The van der Waals surface area contributed by atoms with Gasteiger partial charge in [0, 0.05) is 11.1 Å². The van der Waals surface area contributed by atoms with Crippen LogP contribution in [0.15, 0.2) is 125 Å². The van der Waals surface area contributed by atoms with Crippen molar-refractivity contribution in [1.82, 2.24) is 0 Å². The molecule has 2 aliphatic carbocycles. The maximum atomic E-state index is 12.1. The van der Waals surface area contributed by atoms with E-state index in [1.807, 2.05) is 0 Å². The maximum absolute atomic E-state index is 12.1. The zero-order valence-electron chi connectivity index (χ0n) is 41.0. The number of carboxylic acid groups (broad SMARTS) is 2. The van der Waals surface area contributed by atoms with E-state index in [1.165, 1.54) is 77.1 Å². The molecule has 396 valence electrons. The molecule has 77 heavy (non-hydrogen) atoms. The first kappa shape index (κ1) is 60.3. The highest BCUT2D eigenvalue weighted by Crippen LogP contribution is 2.67. The van der Waals surface area contributed by atoms with Gasteiger partial charge in [0.2, 0.25) is 24.3 Å². The van der Waals surface area contributed by atoms with Crippen molar-refractivity contribution in [3.8, 4) is 34.1 Å². The van der Waals surface area contributed by atoms with Crippen molar-refractivity contribution in [2.45, 2.75) is 19.3 Å². The van der Waals surface area contributed by atoms with Gasteiger partial charge in [-0.1, -0.05) is 44.7 Å². The number of nitrogens with zero attached hydrogens (tertiary/aromatic N) is 10. The summed E-state index contributed by atoms with van der Waals surface area (Å²) in [5.74, 6) is -2.24. The SMILES string of the molecule is COc1c(N)c(N=C=O)c(N=C=O)c(-c2ccc(N)cc2)c1OC.COc1ccc(N(N=C=O)N=C=O)cc1.COc1ccc(N(N=C=O)N=C=O)cc1.O=C=NCCC12C=CC(C1)C(C(=O)O)C2(CCN=C=O)C(=O)O. The van der Waals surface area contributed by atoms with Crippen LogP contribution in [0, 0.1) is 22.7 Å². The number of carboxylic acids is 2. The lowest BCUT2D eigenvalue weighted by Gasteiger charge is -2.44. The summed E-state index contributed by atoms with van der Waals surface area (Å²) >= 11 is 0. The van der Waals surface area contributed by atoms with Crippen molar-refractivity contribution in [1.29, 1.82) is 0 Å². The number of hydrogen-bond acceptors (Lipinski definition) is 26. The zero-order valence-corrected chi connectivity index (χ0v) is 41.0. The molecule has 0 amide bonds. The second-order valence-electron chi connectivity index (χ2n) is 15.2. The molecule has 0 heterocycles. The van der Waals surface area contributed by atoms with Gasteiger partial charge in [-0.25, -0.2) is 48.3 Å². The fourth-order valence-corrected chi connectivity index (χ4v) is 8.52. The highest BCUT2D eigenvalue weighted by atomic mass is 16.5. The number of rotatable bonds is 21. The van der Waals surface area contributed by atoms with E-state index >= 15 is 0 Å². The molecule has 4 atom stereocenters. The molecule has 4 unspecified atom stereocenters. The number of anilines is 4. The molecule has 0 aliphatic heterocycles. The summed E-state index contributed by atoms with van der Waals surface area (Å²) in [5, 5.41) is 33.9. The Morgan fingerprint density at radius 1 is 0.597 bits per heavy atom. The van der Waals surface area contributed by atoms with Gasteiger partial charge in [-0.2, -0.15) is 9.98 Å². The molecule has 2 aliphatic rings. The summed E-state index contributed by atoms with van der Waals surface area (Å²) in [7, 11) is 5.85. The third-order valence-corrected chi connectivity index (χ3v) is 11.6. The average molecular weight is 1060 g/mol. The number of fused-ring (bicyclic) bond motifs is 2. The van der Waals surface area contributed by atoms with E-state index in [0.29, 0.717) is 46.1 Å². The number of hydrazone groups is 4. The number of carbonyl (C=O) groups excluding carboxylic acids is 8. The van der Waals surface area contributed by atoms with Gasteiger partial charge >= 0.3 is 11.9 Å². The first-order chi connectivity index (χ1) is 37.2. The molecule has 2 bridgehead atoms. The Kier molecular flexibility index (Phi) is 23.6. The third-order valence-electron chi connectivity index (χ3n) is 11.6. The summed E-state index contributed by atoms with van der Waals surface area (Å²) < 4.78 is 20.5. The predicted molar refractivity (Wildman–Crippen MR) is 269 cm³/mol. The Labute approximate surface area is 435 Å². The Hall–Kier alpha value is -11.0. The van der Waals surface area contributed by atoms with E-state index in [4.69, 9.17) is 30.4 Å². The van der Waals surface area contributed by atoms with E-state index < -0.39 is 34.6 Å². The monoisotopic (exact) mass is 1060 g/mol. The summed E-state index contributed by atoms with van der Waals surface area (Å²) in [5.41, 5.74) is 11.5. The first-order valence-electron chi connectivity index (χ1n) is 21.7. The molecule has 28 heteroatoms. The van der Waals surface area contributed by atoms with Crippen LogP contribution in [-0.2, 0) is 47.9 Å². The number of ether oxygens (including phenoxy) is 4. The Morgan fingerprint density at radius 3 is 1.44 bits per heavy atom. The van der Waals surface area contributed by atoms with Crippen LogP contribution in [0.1, 0.15) is 19.3 Å². The van der Waals surface area contributed by atoms with Gasteiger partial charge < -0.3 is 40.6 Å². The number of allylic oxidation sites excluding steroid dienone is 2. The van der Waals surface area contributed by atoms with Gasteiger partial charge in [-0.05, 0) is 91.4 Å². The van der Waals surface area contributed by atoms with Crippen LogP contribution in [0.5, 0.6) is 23.0 Å². The average Bonchev–Trinajstić information content (AvgIpc) is 4.23. The molecule has 0 radical (unpaired) electrons. The number of isocyanates is 8. The van der Waals surface area contributed by atoms with Crippen molar-refractivity contribution in [3.63, 3.8) is 0 Å². The third kappa shape index (κ3) is 14.6.